The number of nitrogens with one attached hydrogen (secondary N) is 2. The summed E-state index contributed by atoms with van der Waals surface area (Å²) in [5.41, 5.74) is 1.39. The first-order valence-corrected chi connectivity index (χ1v) is 5.13. The van der Waals surface area contributed by atoms with Crippen LogP contribution in [0.1, 0.15) is 11.5 Å². The van der Waals surface area contributed by atoms with E-state index >= 15 is 0 Å². The molecule has 17 heavy (non-hydrogen) atoms. The first kappa shape index (κ1) is 9.77. The first-order chi connectivity index (χ1) is 8.18. The Morgan fingerprint density at radius 3 is 2.53 bits per heavy atom. The summed E-state index contributed by atoms with van der Waals surface area (Å²) in [5, 5.41) is 2.82. The number of aromatic nitrogens is 1. The van der Waals surface area contributed by atoms with Crippen LogP contribution in [0.5, 0.6) is 0 Å². The third kappa shape index (κ3) is 1.29. The number of ketones is 1. The largest absolute Gasteiger partial charge is 0.361 e. The third-order valence-electron chi connectivity index (χ3n) is 2.92. The van der Waals surface area contributed by atoms with E-state index in [9.17, 15) is 14.4 Å². The number of carbonyl (C=O) groups excluding carboxylic acids is 3. The molecule has 1 saturated heterocycles. The van der Waals surface area contributed by atoms with Crippen molar-refractivity contribution in [1.82, 2.24) is 10.3 Å². The van der Waals surface area contributed by atoms with E-state index in [0.717, 1.165) is 10.9 Å². The molecule has 1 aliphatic heterocycles. The fourth-order valence-electron chi connectivity index (χ4n) is 2.11. The Morgan fingerprint density at radius 2 is 1.82 bits per heavy atom. The van der Waals surface area contributed by atoms with E-state index in [1.54, 1.807) is 6.20 Å². The van der Waals surface area contributed by atoms with Gasteiger partial charge < -0.3 is 4.98 Å². The molecule has 1 aromatic heterocycles. The van der Waals surface area contributed by atoms with Crippen LogP contribution in [0.4, 0.5) is 0 Å². The standard InChI is InChI=1S/C12H8N2O3/c15-10-9(11(16)14-12(10)17)7-5-13-8-4-2-1-3-6(7)8/h1-5,9,13H,(H,14,16,17). The van der Waals surface area contributed by atoms with Gasteiger partial charge in [0.15, 0.2) is 0 Å². The topological polar surface area (TPSA) is 79.0 Å². The molecule has 0 radical (unpaired) electrons. The highest BCUT2D eigenvalue weighted by Crippen LogP contribution is 2.28. The lowest BCUT2D eigenvalue weighted by Crippen LogP contribution is -2.22. The van der Waals surface area contributed by atoms with E-state index < -0.39 is 23.5 Å². The van der Waals surface area contributed by atoms with Gasteiger partial charge >= 0.3 is 0 Å². The molecular formula is C12H8N2O3. The van der Waals surface area contributed by atoms with Crippen molar-refractivity contribution in [2.24, 2.45) is 0 Å². The Hall–Kier alpha value is -2.43. The van der Waals surface area contributed by atoms with Crippen LogP contribution in [0.2, 0.25) is 0 Å². The summed E-state index contributed by atoms with van der Waals surface area (Å²) in [5.74, 6) is -3.09. The third-order valence-corrected chi connectivity index (χ3v) is 2.92. The normalized spacial score (nSPS) is 20.0. The molecule has 1 fully saturated rings. The van der Waals surface area contributed by atoms with Crippen LogP contribution in [0, 0.1) is 0 Å². The highest BCUT2D eigenvalue weighted by molar-refractivity contribution is 6.50. The van der Waals surface area contributed by atoms with Crippen molar-refractivity contribution in [3.63, 3.8) is 0 Å². The minimum absolute atomic E-state index is 0.550. The number of H-pyrrole nitrogens is 1. The molecular weight excluding hydrogens is 220 g/mol. The van der Waals surface area contributed by atoms with Gasteiger partial charge in [0.2, 0.25) is 11.7 Å². The smallest absolute Gasteiger partial charge is 0.295 e. The maximum Gasteiger partial charge on any atom is 0.295 e. The molecule has 2 heterocycles. The Labute approximate surface area is 95.8 Å². The van der Waals surface area contributed by atoms with Crippen LogP contribution in [0.25, 0.3) is 10.9 Å². The highest BCUT2D eigenvalue weighted by atomic mass is 16.2. The second-order valence-corrected chi connectivity index (χ2v) is 3.91. The molecule has 1 atom stereocenters. The lowest BCUT2D eigenvalue weighted by molar-refractivity contribution is -0.135. The molecule has 1 aromatic carbocycles. The molecule has 0 bridgehead atoms. The van der Waals surface area contributed by atoms with E-state index in [1.165, 1.54) is 0 Å². The zero-order chi connectivity index (χ0) is 12.0. The van der Waals surface area contributed by atoms with Crippen LogP contribution >= 0.6 is 0 Å². The molecule has 0 saturated carbocycles. The van der Waals surface area contributed by atoms with Crippen molar-refractivity contribution in [3.8, 4) is 0 Å². The van der Waals surface area contributed by atoms with Gasteiger partial charge in [0.25, 0.3) is 5.91 Å². The molecule has 5 heteroatoms. The number of Topliss-reactive ketones (excluding diaryl/α,β-unsaturated/α-hetero) is 1. The van der Waals surface area contributed by atoms with Gasteiger partial charge in [-0.1, -0.05) is 18.2 Å². The van der Waals surface area contributed by atoms with Crippen molar-refractivity contribution in [1.29, 1.82) is 0 Å². The lowest BCUT2D eigenvalue weighted by Gasteiger charge is -2.02. The molecule has 1 unspecified atom stereocenters. The Bertz CT molecular complexity index is 657. The minimum atomic E-state index is -1.02. The summed E-state index contributed by atoms with van der Waals surface area (Å²) in [6.07, 6.45) is 1.60. The van der Waals surface area contributed by atoms with Crippen molar-refractivity contribution < 1.29 is 14.4 Å². The Kier molecular flexibility index (Phi) is 1.89. The average molecular weight is 228 g/mol. The lowest BCUT2D eigenvalue weighted by atomic mass is 9.96. The fourth-order valence-corrected chi connectivity index (χ4v) is 2.11. The summed E-state index contributed by atoms with van der Waals surface area (Å²) in [6.45, 7) is 0. The zero-order valence-corrected chi connectivity index (χ0v) is 8.69. The van der Waals surface area contributed by atoms with Crippen molar-refractivity contribution in [2.75, 3.05) is 0 Å². The molecule has 3 rings (SSSR count). The van der Waals surface area contributed by atoms with E-state index in [-0.39, 0.29) is 0 Å². The fraction of sp³-hybridized carbons (Fsp3) is 0.0833. The van der Waals surface area contributed by atoms with Crippen molar-refractivity contribution in [3.05, 3.63) is 36.0 Å². The summed E-state index contributed by atoms with van der Waals surface area (Å²) < 4.78 is 0. The Balaban J connectivity index is 2.19. The number of para-hydroxylation sites is 1. The molecule has 0 spiro atoms. The van der Waals surface area contributed by atoms with Crippen LogP contribution in [0.3, 0.4) is 0 Å². The number of aromatic amines is 1. The molecule has 0 aliphatic carbocycles. The van der Waals surface area contributed by atoms with E-state index in [0.29, 0.717) is 5.56 Å². The van der Waals surface area contributed by atoms with Gasteiger partial charge in [-0.25, -0.2) is 0 Å². The summed E-state index contributed by atoms with van der Waals surface area (Å²) in [4.78, 5) is 37.3. The number of fused-ring (bicyclic) bond motifs is 1. The second kappa shape index (κ2) is 3.28. The zero-order valence-electron chi connectivity index (χ0n) is 8.69. The SMILES string of the molecule is O=C1NC(=O)C(c2c[nH]c3ccccc23)C1=O. The van der Waals surface area contributed by atoms with E-state index in [1.807, 2.05) is 29.6 Å². The molecule has 2 N–H and O–H groups in total. The predicted octanol–water partition coefficient (Wildman–Crippen LogP) is 0.477. The molecule has 2 amide bonds. The van der Waals surface area contributed by atoms with Gasteiger partial charge in [0.1, 0.15) is 5.92 Å². The van der Waals surface area contributed by atoms with E-state index in [4.69, 9.17) is 0 Å². The molecule has 2 aromatic rings. The van der Waals surface area contributed by atoms with Crippen LogP contribution < -0.4 is 5.32 Å². The number of hydrogen-bond acceptors (Lipinski definition) is 3. The maximum absolute atomic E-state index is 11.6. The van der Waals surface area contributed by atoms with E-state index in [2.05, 4.69) is 4.98 Å². The molecule has 5 nitrogen and oxygen atoms in total. The molecule has 84 valence electrons. The number of amides is 2. The quantitative estimate of drug-likeness (QED) is 0.423. The van der Waals surface area contributed by atoms with Crippen molar-refractivity contribution in [2.45, 2.75) is 5.92 Å². The predicted molar refractivity (Wildman–Crippen MR) is 59.2 cm³/mol. The van der Waals surface area contributed by atoms with Gasteiger partial charge in [0, 0.05) is 17.1 Å². The summed E-state index contributed by atoms with van der Waals surface area (Å²) in [7, 11) is 0. The van der Waals surface area contributed by atoms with Crippen LogP contribution in [-0.4, -0.2) is 22.6 Å². The average Bonchev–Trinajstić information content (AvgIpc) is 2.82. The van der Waals surface area contributed by atoms with Crippen LogP contribution in [-0.2, 0) is 14.4 Å². The number of carbonyl (C=O) groups is 3. The van der Waals surface area contributed by atoms with Gasteiger partial charge in [0.05, 0.1) is 0 Å². The van der Waals surface area contributed by atoms with Crippen LogP contribution in [0.15, 0.2) is 30.5 Å². The monoisotopic (exact) mass is 228 g/mol. The van der Waals surface area contributed by atoms with Gasteiger partial charge in [-0.2, -0.15) is 0 Å². The number of imide groups is 1. The second-order valence-electron chi connectivity index (χ2n) is 3.91. The highest BCUT2D eigenvalue weighted by Gasteiger charge is 2.42. The van der Waals surface area contributed by atoms with Gasteiger partial charge in [-0.3, -0.25) is 19.7 Å². The summed E-state index contributed by atoms with van der Waals surface area (Å²) >= 11 is 0. The van der Waals surface area contributed by atoms with Gasteiger partial charge in [-0.05, 0) is 11.6 Å². The minimum Gasteiger partial charge on any atom is -0.361 e. The number of benzene rings is 1. The maximum atomic E-state index is 11.6. The number of rotatable bonds is 1. The Morgan fingerprint density at radius 1 is 1.06 bits per heavy atom. The molecule has 1 aliphatic rings. The number of hydrogen-bond donors (Lipinski definition) is 2. The van der Waals surface area contributed by atoms with Gasteiger partial charge in [-0.15, -0.1) is 0 Å². The van der Waals surface area contributed by atoms with Crippen molar-refractivity contribution >= 4 is 28.5 Å². The first-order valence-electron chi connectivity index (χ1n) is 5.13. The summed E-state index contributed by atoms with van der Waals surface area (Å²) in [6, 6.07) is 7.33.